The van der Waals surface area contributed by atoms with Crippen LogP contribution in [0, 0.1) is 0 Å². The Balaban J connectivity index is 1.96. The number of benzene rings is 2. The standard InChI is InChI=1S/C15H10Br2O2/c16-13(14(17)15(18)19)8-5-6-11-9-3-1-2-4-10(9)12(11)7-8/h1-7,13-14H,(H,18,19). The van der Waals surface area contributed by atoms with Crippen molar-refractivity contribution in [1.29, 1.82) is 0 Å². The highest BCUT2D eigenvalue weighted by Crippen LogP contribution is 2.48. The molecule has 1 N–H and O–H groups in total. The zero-order chi connectivity index (χ0) is 13.6. The molecular formula is C15H10Br2O2. The number of hydrogen-bond donors (Lipinski definition) is 1. The molecule has 0 heterocycles. The summed E-state index contributed by atoms with van der Waals surface area (Å²) in [5, 5.41) is 9.03. The van der Waals surface area contributed by atoms with Crippen LogP contribution in [0.15, 0.2) is 42.5 Å². The number of aliphatic carboxylic acids is 1. The Hall–Kier alpha value is -1.13. The second-order valence-corrected chi connectivity index (χ2v) is 6.47. The fourth-order valence-electron chi connectivity index (χ4n) is 2.38. The van der Waals surface area contributed by atoms with Gasteiger partial charge in [-0.2, -0.15) is 0 Å². The maximum absolute atomic E-state index is 11.0. The maximum atomic E-state index is 11.0. The topological polar surface area (TPSA) is 37.3 Å². The van der Waals surface area contributed by atoms with Gasteiger partial charge in [0.25, 0.3) is 0 Å². The smallest absolute Gasteiger partial charge is 0.318 e. The van der Waals surface area contributed by atoms with E-state index in [2.05, 4.69) is 56.1 Å². The quantitative estimate of drug-likeness (QED) is 0.672. The number of alkyl halides is 2. The van der Waals surface area contributed by atoms with Crippen LogP contribution < -0.4 is 0 Å². The molecule has 19 heavy (non-hydrogen) atoms. The molecule has 0 amide bonds. The van der Waals surface area contributed by atoms with Crippen LogP contribution >= 0.6 is 31.9 Å². The van der Waals surface area contributed by atoms with E-state index in [4.69, 9.17) is 5.11 Å². The molecular weight excluding hydrogens is 372 g/mol. The third-order valence-corrected chi connectivity index (χ3v) is 6.05. The molecule has 2 unspecified atom stereocenters. The summed E-state index contributed by atoms with van der Waals surface area (Å²) in [6, 6.07) is 14.3. The highest BCUT2D eigenvalue weighted by atomic mass is 79.9. The molecule has 2 atom stereocenters. The van der Waals surface area contributed by atoms with E-state index in [0.717, 1.165) is 5.56 Å². The first kappa shape index (κ1) is 12.9. The molecule has 1 aliphatic carbocycles. The van der Waals surface area contributed by atoms with Gasteiger partial charge in [0.05, 0.1) is 4.83 Å². The molecule has 1 aliphatic rings. The summed E-state index contributed by atoms with van der Waals surface area (Å²) in [4.78, 5) is 10.1. The number of carbonyl (C=O) groups is 1. The van der Waals surface area contributed by atoms with Gasteiger partial charge in [0.15, 0.2) is 0 Å². The maximum Gasteiger partial charge on any atom is 0.318 e. The highest BCUT2D eigenvalue weighted by Gasteiger charge is 2.27. The van der Waals surface area contributed by atoms with Gasteiger partial charge in [-0.15, -0.1) is 0 Å². The van der Waals surface area contributed by atoms with Crippen molar-refractivity contribution in [2.75, 3.05) is 0 Å². The van der Waals surface area contributed by atoms with Gasteiger partial charge in [0, 0.05) is 0 Å². The first-order valence-electron chi connectivity index (χ1n) is 5.84. The zero-order valence-electron chi connectivity index (χ0n) is 9.81. The zero-order valence-corrected chi connectivity index (χ0v) is 13.0. The van der Waals surface area contributed by atoms with E-state index in [-0.39, 0.29) is 4.83 Å². The molecule has 0 aliphatic heterocycles. The predicted molar refractivity (Wildman–Crippen MR) is 82.9 cm³/mol. The van der Waals surface area contributed by atoms with E-state index in [1.807, 2.05) is 18.2 Å². The first-order chi connectivity index (χ1) is 9.09. The van der Waals surface area contributed by atoms with Crippen LogP contribution in [-0.4, -0.2) is 15.9 Å². The number of fused-ring (bicyclic) bond motifs is 4. The van der Waals surface area contributed by atoms with E-state index in [9.17, 15) is 4.79 Å². The molecule has 4 heteroatoms. The molecule has 0 aromatic heterocycles. The van der Waals surface area contributed by atoms with Crippen LogP contribution in [0.5, 0.6) is 0 Å². The van der Waals surface area contributed by atoms with Gasteiger partial charge >= 0.3 is 5.97 Å². The minimum Gasteiger partial charge on any atom is -0.480 e. The van der Waals surface area contributed by atoms with E-state index in [1.165, 1.54) is 22.3 Å². The van der Waals surface area contributed by atoms with Gasteiger partial charge in [-0.25, -0.2) is 0 Å². The Morgan fingerprint density at radius 1 is 0.947 bits per heavy atom. The van der Waals surface area contributed by atoms with Crippen molar-refractivity contribution >= 4 is 37.8 Å². The minimum atomic E-state index is -0.870. The largest absolute Gasteiger partial charge is 0.480 e. The molecule has 0 radical (unpaired) electrons. The lowest BCUT2D eigenvalue weighted by molar-refractivity contribution is -0.136. The molecule has 0 spiro atoms. The van der Waals surface area contributed by atoms with Crippen molar-refractivity contribution in [2.45, 2.75) is 9.65 Å². The van der Waals surface area contributed by atoms with Crippen molar-refractivity contribution in [3.8, 4) is 22.3 Å². The van der Waals surface area contributed by atoms with E-state index < -0.39 is 10.8 Å². The van der Waals surface area contributed by atoms with Gasteiger partial charge < -0.3 is 5.11 Å². The average molecular weight is 382 g/mol. The molecule has 0 fully saturated rings. The molecule has 0 saturated carbocycles. The van der Waals surface area contributed by atoms with Crippen LogP contribution in [0.25, 0.3) is 22.3 Å². The number of hydrogen-bond acceptors (Lipinski definition) is 1. The molecule has 0 bridgehead atoms. The van der Waals surface area contributed by atoms with Crippen molar-refractivity contribution in [3.05, 3.63) is 48.0 Å². The van der Waals surface area contributed by atoms with Crippen LogP contribution in [0.1, 0.15) is 10.4 Å². The van der Waals surface area contributed by atoms with E-state index >= 15 is 0 Å². The summed E-state index contributed by atoms with van der Waals surface area (Å²) in [5.74, 6) is -0.870. The number of carboxylic acids is 1. The van der Waals surface area contributed by atoms with Crippen molar-refractivity contribution < 1.29 is 9.90 Å². The summed E-state index contributed by atoms with van der Waals surface area (Å²) >= 11 is 6.64. The summed E-state index contributed by atoms with van der Waals surface area (Å²) in [6.45, 7) is 0. The van der Waals surface area contributed by atoms with Gasteiger partial charge in [-0.05, 0) is 33.9 Å². The lowest BCUT2D eigenvalue weighted by Gasteiger charge is -2.25. The molecule has 0 saturated heterocycles. The van der Waals surface area contributed by atoms with Gasteiger partial charge in [-0.1, -0.05) is 68.3 Å². The third kappa shape index (κ3) is 2.03. The summed E-state index contributed by atoms with van der Waals surface area (Å²) in [6.07, 6.45) is 0. The Labute approximate surface area is 127 Å². The van der Waals surface area contributed by atoms with E-state index in [1.54, 1.807) is 0 Å². The highest BCUT2D eigenvalue weighted by molar-refractivity contribution is 9.12. The fraction of sp³-hybridized carbons (Fsp3) is 0.133. The van der Waals surface area contributed by atoms with Crippen LogP contribution in [-0.2, 0) is 4.79 Å². The summed E-state index contributed by atoms with van der Waals surface area (Å²) < 4.78 is 0. The number of carboxylic acid groups (broad SMARTS) is 1. The monoisotopic (exact) mass is 380 g/mol. The lowest BCUT2D eigenvalue weighted by atomic mass is 9.79. The SMILES string of the molecule is O=C(O)C(Br)C(Br)c1ccc2c(c1)-c1ccccc1-2. The molecule has 2 nitrogen and oxygen atoms in total. The Morgan fingerprint density at radius 3 is 2.16 bits per heavy atom. The van der Waals surface area contributed by atoms with Gasteiger partial charge in [-0.3, -0.25) is 4.79 Å². The van der Waals surface area contributed by atoms with Crippen LogP contribution in [0.3, 0.4) is 0 Å². The van der Waals surface area contributed by atoms with Crippen LogP contribution in [0.4, 0.5) is 0 Å². The second kappa shape index (κ2) is 4.76. The Bertz CT molecular complexity index is 667. The molecule has 2 aromatic carbocycles. The van der Waals surface area contributed by atoms with Crippen molar-refractivity contribution in [1.82, 2.24) is 0 Å². The Kier molecular flexibility index (Phi) is 3.23. The Morgan fingerprint density at radius 2 is 1.53 bits per heavy atom. The number of halogens is 2. The summed E-state index contributed by atoms with van der Waals surface area (Å²) in [7, 11) is 0. The average Bonchev–Trinajstić information content (AvgIpc) is 2.42. The molecule has 3 rings (SSSR count). The minimum absolute atomic E-state index is 0.247. The summed E-state index contributed by atoms with van der Waals surface area (Å²) in [5.41, 5.74) is 5.91. The lowest BCUT2D eigenvalue weighted by Crippen LogP contribution is -2.18. The van der Waals surface area contributed by atoms with Gasteiger partial charge in [0.2, 0.25) is 0 Å². The van der Waals surface area contributed by atoms with E-state index in [0.29, 0.717) is 0 Å². The normalized spacial score (nSPS) is 14.8. The number of rotatable bonds is 3. The molecule has 96 valence electrons. The first-order valence-corrected chi connectivity index (χ1v) is 7.67. The predicted octanol–water partition coefficient (Wildman–Crippen LogP) is 4.62. The molecule has 2 aromatic rings. The van der Waals surface area contributed by atoms with Gasteiger partial charge in [0.1, 0.15) is 4.83 Å². The third-order valence-electron chi connectivity index (χ3n) is 3.36. The van der Waals surface area contributed by atoms with Crippen molar-refractivity contribution in [2.24, 2.45) is 0 Å². The van der Waals surface area contributed by atoms with Crippen LogP contribution in [0.2, 0.25) is 0 Å². The van der Waals surface area contributed by atoms with Crippen molar-refractivity contribution in [3.63, 3.8) is 0 Å². The second-order valence-electron chi connectivity index (χ2n) is 4.49. The fourth-order valence-corrected chi connectivity index (χ4v) is 3.19.